The third-order valence-corrected chi connectivity index (χ3v) is 4.00. The lowest BCUT2D eigenvalue weighted by atomic mass is 10.1. The highest BCUT2D eigenvalue weighted by Crippen LogP contribution is 2.40. The number of nitrogens with one attached hydrogen (secondary N) is 1. The summed E-state index contributed by atoms with van der Waals surface area (Å²) in [5.41, 5.74) is 3.07. The number of H-pyrrole nitrogens is 1. The quantitative estimate of drug-likeness (QED) is 0.715. The van der Waals surface area contributed by atoms with Crippen molar-refractivity contribution in [3.8, 4) is 28.5 Å². The number of rotatable bonds is 7. The molecule has 0 radical (unpaired) electrons. The maximum Gasteiger partial charge on any atom is 0.203 e. The van der Waals surface area contributed by atoms with Crippen molar-refractivity contribution in [3.05, 3.63) is 54.2 Å². The molecule has 0 atom stereocenters. The Bertz CT molecular complexity index is 806. The Morgan fingerprint density at radius 2 is 1.60 bits per heavy atom. The minimum atomic E-state index is 0.575. The zero-order valence-electron chi connectivity index (χ0n) is 14.6. The van der Waals surface area contributed by atoms with Gasteiger partial charge in [0.1, 0.15) is 5.82 Å². The van der Waals surface area contributed by atoms with Crippen molar-refractivity contribution >= 4 is 0 Å². The van der Waals surface area contributed by atoms with E-state index in [1.807, 2.05) is 30.5 Å². The van der Waals surface area contributed by atoms with E-state index in [2.05, 4.69) is 15.0 Å². The molecular weight excluding hydrogens is 318 g/mol. The number of methoxy groups -OCH3 is 3. The third-order valence-electron chi connectivity index (χ3n) is 4.00. The number of aromatic nitrogens is 3. The first kappa shape index (κ1) is 16.8. The second-order valence-corrected chi connectivity index (χ2v) is 5.51. The van der Waals surface area contributed by atoms with Gasteiger partial charge in [0.25, 0.3) is 0 Å². The van der Waals surface area contributed by atoms with Crippen molar-refractivity contribution in [2.24, 2.45) is 0 Å². The second kappa shape index (κ2) is 7.70. The highest BCUT2D eigenvalue weighted by molar-refractivity contribution is 5.68. The Morgan fingerprint density at radius 1 is 0.920 bits per heavy atom. The third kappa shape index (κ3) is 3.74. The number of benzene rings is 1. The van der Waals surface area contributed by atoms with E-state index < -0.39 is 0 Å². The van der Waals surface area contributed by atoms with Gasteiger partial charge in [-0.25, -0.2) is 4.98 Å². The zero-order valence-corrected chi connectivity index (χ0v) is 14.6. The number of hydrogen-bond acceptors (Lipinski definition) is 5. The summed E-state index contributed by atoms with van der Waals surface area (Å²) in [6, 6.07) is 7.84. The van der Waals surface area contributed by atoms with Crippen LogP contribution in [0.1, 0.15) is 11.4 Å². The van der Waals surface area contributed by atoms with Gasteiger partial charge in [0.2, 0.25) is 5.75 Å². The molecule has 0 aliphatic rings. The average Bonchev–Trinajstić information content (AvgIpc) is 3.15. The number of aryl methyl sites for hydroxylation is 2. The van der Waals surface area contributed by atoms with Crippen molar-refractivity contribution in [1.29, 1.82) is 0 Å². The van der Waals surface area contributed by atoms with Crippen LogP contribution in [0.15, 0.2) is 42.9 Å². The molecule has 3 aromatic rings. The summed E-state index contributed by atoms with van der Waals surface area (Å²) in [7, 11) is 4.80. The number of imidazole rings is 1. The fourth-order valence-corrected chi connectivity index (χ4v) is 2.69. The first-order valence-electron chi connectivity index (χ1n) is 7.98. The normalized spacial score (nSPS) is 10.5. The topological polar surface area (TPSA) is 69.3 Å². The maximum absolute atomic E-state index is 5.41. The Hall–Kier alpha value is -3.02. The Labute approximate surface area is 146 Å². The van der Waals surface area contributed by atoms with Gasteiger partial charge in [-0.1, -0.05) is 0 Å². The van der Waals surface area contributed by atoms with E-state index in [0.717, 1.165) is 29.9 Å². The zero-order chi connectivity index (χ0) is 17.6. The number of ether oxygens (including phenoxy) is 3. The van der Waals surface area contributed by atoms with Crippen LogP contribution in [0.3, 0.4) is 0 Å². The molecular formula is C19H21N3O3. The molecule has 2 heterocycles. The van der Waals surface area contributed by atoms with E-state index in [-0.39, 0.29) is 0 Å². The number of hydrogen-bond donors (Lipinski definition) is 1. The van der Waals surface area contributed by atoms with E-state index >= 15 is 0 Å². The molecule has 130 valence electrons. The van der Waals surface area contributed by atoms with Crippen LogP contribution in [0, 0.1) is 0 Å². The first-order chi connectivity index (χ1) is 12.2. The molecule has 0 saturated carbocycles. The molecule has 0 bridgehead atoms. The summed E-state index contributed by atoms with van der Waals surface area (Å²) < 4.78 is 16.2. The van der Waals surface area contributed by atoms with Crippen molar-refractivity contribution < 1.29 is 14.2 Å². The van der Waals surface area contributed by atoms with Crippen LogP contribution in [-0.2, 0) is 12.8 Å². The molecule has 2 aromatic heterocycles. The van der Waals surface area contributed by atoms with Gasteiger partial charge in [-0.05, 0) is 36.2 Å². The molecule has 0 aliphatic carbocycles. The Morgan fingerprint density at radius 3 is 2.20 bits per heavy atom. The number of pyridine rings is 1. The Kier molecular flexibility index (Phi) is 5.18. The van der Waals surface area contributed by atoms with Crippen LogP contribution >= 0.6 is 0 Å². The van der Waals surface area contributed by atoms with E-state index in [0.29, 0.717) is 17.2 Å². The highest BCUT2D eigenvalue weighted by Gasteiger charge is 2.15. The minimum absolute atomic E-state index is 0.575. The van der Waals surface area contributed by atoms with Gasteiger partial charge >= 0.3 is 0 Å². The molecule has 0 spiro atoms. The summed E-state index contributed by atoms with van der Waals surface area (Å²) in [6.07, 6.45) is 7.17. The summed E-state index contributed by atoms with van der Waals surface area (Å²) in [5.74, 6) is 2.74. The lowest BCUT2D eigenvalue weighted by Gasteiger charge is -2.13. The molecule has 6 heteroatoms. The molecule has 0 aliphatic heterocycles. The van der Waals surface area contributed by atoms with Crippen molar-refractivity contribution in [1.82, 2.24) is 15.0 Å². The standard InChI is InChI=1S/C19H21N3O3/c1-23-16-10-14(11-17(24-2)19(16)25-3)15-12-21-18(22-15)5-4-13-6-8-20-9-7-13/h6-12H,4-5H2,1-3H3,(H,21,22). The van der Waals surface area contributed by atoms with Gasteiger partial charge in [-0.3, -0.25) is 4.98 Å². The predicted molar refractivity (Wildman–Crippen MR) is 95.3 cm³/mol. The fourth-order valence-electron chi connectivity index (χ4n) is 2.69. The molecule has 25 heavy (non-hydrogen) atoms. The van der Waals surface area contributed by atoms with Gasteiger partial charge in [-0.2, -0.15) is 0 Å². The molecule has 1 N–H and O–H groups in total. The van der Waals surface area contributed by atoms with Gasteiger partial charge in [0.15, 0.2) is 11.5 Å². The van der Waals surface area contributed by atoms with Crippen molar-refractivity contribution in [3.63, 3.8) is 0 Å². The molecule has 0 saturated heterocycles. The molecule has 0 fully saturated rings. The van der Waals surface area contributed by atoms with Crippen LogP contribution in [0.2, 0.25) is 0 Å². The Balaban J connectivity index is 1.82. The van der Waals surface area contributed by atoms with Crippen molar-refractivity contribution in [2.45, 2.75) is 12.8 Å². The molecule has 1 aromatic carbocycles. The van der Waals surface area contributed by atoms with E-state index in [1.165, 1.54) is 5.56 Å². The fraction of sp³-hybridized carbons (Fsp3) is 0.263. The summed E-state index contributed by atoms with van der Waals surface area (Å²) in [6.45, 7) is 0. The van der Waals surface area contributed by atoms with Gasteiger partial charge in [0, 0.05) is 24.4 Å². The van der Waals surface area contributed by atoms with E-state index in [1.54, 1.807) is 33.7 Å². The van der Waals surface area contributed by atoms with Crippen LogP contribution in [0.25, 0.3) is 11.3 Å². The number of aromatic amines is 1. The van der Waals surface area contributed by atoms with E-state index in [4.69, 9.17) is 14.2 Å². The molecule has 3 rings (SSSR count). The van der Waals surface area contributed by atoms with Crippen LogP contribution < -0.4 is 14.2 Å². The lowest BCUT2D eigenvalue weighted by Crippen LogP contribution is -1.96. The highest BCUT2D eigenvalue weighted by atomic mass is 16.5. The van der Waals surface area contributed by atoms with Crippen molar-refractivity contribution in [2.75, 3.05) is 21.3 Å². The van der Waals surface area contributed by atoms with Gasteiger partial charge < -0.3 is 19.2 Å². The molecule has 0 unspecified atom stereocenters. The molecule has 0 amide bonds. The van der Waals surface area contributed by atoms with Gasteiger partial charge in [-0.15, -0.1) is 0 Å². The lowest BCUT2D eigenvalue weighted by molar-refractivity contribution is 0.324. The SMILES string of the molecule is COc1cc(-c2cnc(CCc3ccncc3)[nH]2)cc(OC)c1OC. The minimum Gasteiger partial charge on any atom is -0.493 e. The summed E-state index contributed by atoms with van der Waals surface area (Å²) in [5, 5.41) is 0. The van der Waals surface area contributed by atoms with Crippen LogP contribution in [-0.4, -0.2) is 36.3 Å². The summed E-state index contributed by atoms with van der Waals surface area (Å²) >= 11 is 0. The summed E-state index contributed by atoms with van der Waals surface area (Å²) in [4.78, 5) is 11.9. The number of nitrogens with zero attached hydrogens (tertiary/aromatic N) is 2. The van der Waals surface area contributed by atoms with E-state index in [9.17, 15) is 0 Å². The van der Waals surface area contributed by atoms with Crippen LogP contribution in [0.5, 0.6) is 17.2 Å². The average molecular weight is 339 g/mol. The molecule has 6 nitrogen and oxygen atoms in total. The largest absolute Gasteiger partial charge is 0.493 e. The smallest absolute Gasteiger partial charge is 0.203 e. The predicted octanol–water partition coefficient (Wildman–Crippen LogP) is 3.28. The maximum atomic E-state index is 5.41. The second-order valence-electron chi connectivity index (χ2n) is 5.51. The van der Waals surface area contributed by atoms with Crippen LogP contribution in [0.4, 0.5) is 0 Å². The van der Waals surface area contributed by atoms with Gasteiger partial charge in [0.05, 0.1) is 33.2 Å². The monoisotopic (exact) mass is 339 g/mol. The first-order valence-corrected chi connectivity index (χ1v) is 7.98.